The van der Waals surface area contributed by atoms with Crippen LogP contribution < -0.4 is 5.32 Å². The minimum Gasteiger partial charge on any atom is -0.347 e. The standard InChI is InChI=1S/C16H17BrN2OS/c17-12-2-1-11-7-15(21-14(11)8-12)16(20)18-13-9-19-5-3-10(13)4-6-19/h1-2,7-8,10,13H,3-6,9H2,(H,18,20). The van der Waals surface area contributed by atoms with Gasteiger partial charge in [0.05, 0.1) is 4.88 Å². The number of halogens is 1. The third-order valence-electron chi connectivity index (χ3n) is 4.68. The van der Waals surface area contributed by atoms with Crippen LogP contribution in [0.4, 0.5) is 0 Å². The van der Waals surface area contributed by atoms with Gasteiger partial charge in [-0.05, 0) is 55.4 Å². The highest BCUT2D eigenvalue weighted by Crippen LogP contribution is 2.30. The number of rotatable bonds is 2. The van der Waals surface area contributed by atoms with E-state index >= 15 is 0 Å². The van der Waals surface area contributed by atoms with Crippen LogP contribution in [-0.4, -0.2) is 36.5 Å². The summed E-state index contributed by atoms with van der Waals surface area (Å²) in [7, 11) is 0. The van der Waals surface area contributed by atoms with E-state index in [1.165, 1.54) is 25.9 Å². The second-order valence-electron chi connectivity index (χ2n) is 6.01. The molecule has 2 bridgehead atoms. The summed E-state index contributed by atoms with van der Waals surface area (Å²) in [5.74, 6) is 0.758. The van der Waals surface area contributed by atoms with E-state index in [1.54, 1.807) is 11.3 Å². The predicted octanol–water partition coefficient (Wildman–Crippen LogP) is 3.49. The molecule has 3 saturated heterocycles. The number of thiophene rings is 1. The van der Waals surface area contributed by atoms with Crippen LogP contribution in [0.5, 0.6) is 0 Å². The summed E-state index contributed by atoms with van der Waals surface area (Å²) in [6.07, 6.45) is 2.45. The Labute approximate surface area is 136 Å². The summed E-state index contributed by atoms with van der Waals surface area (Å²) < 4.78 is 2.21. The highest BCUT2D eigenvalue weighted by Gasteiger charge is 2.35. The fourth-order valence-corrected chi connectivity index (χ4v) is 5.00. The van der Waals surface area contributed by atoms with Gasteiger partial charge in [0.15, 0.2) is 0 Å². The molecular weight excluding hydrogens is 348 g/mol. The molecular formula is C16H17BrN2OS. The van der Waals surface area contributed by atoms with E-state index in [9.17, 15) is 4.79 Å². The first-order valence-electron chi connectivity index (χ1n) is 7.41. The van der Waals surface area contributed by atoms with Crippen LogP contribution in [0.1, 0.15) is 22.5 Å². The molecule has 4 heterocycles. The number of amides is 1. The number of hydrogen-bond acceptors (Lipinski definition) is 3. The van der Waals surface area contributed by atoms with E-state index in [1.807, 2.05) is 12.1 Å². The molecule has 5 heteroatoms. The maximum atomic E-state index is 12.5. The topological polar surface area (TPSA) is 32.3 Å². The molecule has 3 fully saturated rings. The minimum atomic E-state index is 0.0890. The molecule has 21 heavy (non-hydrogen) atoms. The van der Waals surface area contributed by atoms with Gasteiger partial charge in [-0.1, -0.05) is 22.0 Å². The molecule has 5 rings (SSSR count). The summed E-state index contributed by atoms with van der Waals surface area (Å²) in [4.78, 5) is 15.8. The van der Waals surface area contributed by atoms with Crippen LogP contribution in [0.2, 0.25) is 0 Å². The van der Waals surface area contributed by atoms with Gasteiger partial charge in [0.1, 0.15) is 0 Å². The molecule has 3 aliphatic rings. The summed E-state index contributed by atoms with van der Waals surface area (Å²) in [5.41, 5.74) is 0. The number of piperidine rings is 3. The van der Waals surface area contributed by atoms with E-state index in [0.29, 0.717) is 12.0 Å². The van der Waals surface area contributed by atoms with E-state index in [4.69, 9.17) is 0 Å². The SMILES string of the molecule is O=C(NC1CN2CCC1CC2)c1cc2ccc(Br)cc2s1. The summed E-state index contributed by atoms with van der Waals surface area (Å²) >= 11 is 5.05. The summed E-state index contributed by atoms with van der Waals surface area (Å²) in [6, 6.07) is 8.48. The Hall–Kier alpha value is -0.910. The fourth-order valence-electron chi connectivity index (χ4n) is 3.49. The second-order valence-corrected chi connectivity index (χ2v) is 8.01. The van der Waals surface area contributed by atoms with Gasteiger partial charge in [0.25, 0.3) is 5.91 Å². The van der Waals surface area contributed by atoms with Gasteiger partial charge >= 0.3 is 0 Å². The predicted molar refractivity (Wildman–Crippen MR) is 89.9 cm³/mol. The maximum absolute atomic E-state index is 12.5. The van der Waals surface area contributed by atoms with Crippen molar-refractivity contribution in [1.29, 1.82) is 0 Å². The maximum Gasteiger partial charge on any atom is 0.261 e. The number of nitrogens with one attached hydrogen (secondary N) is 1. The van der Waals surface area contributed by atoms with Crippen LogP contribution in [-0.2, 0) is 0 Å². The fraction of sp³-hybridized carbons (Fsp3) is 0.438. The van der Waals surface area contributed by atoms with Crippen molar-refractivity contribution in [3.8, 4) is 0 Å². The Morgan fingerprint density at radius 2 is 2.10 bits per heavy atom. The molecule has 3 nitrogen and oxygen atoms in total. The highest BCUT2D eigenvalue weighted by molar-refractivity contribution is 9.10. The van der Waals surface area contributed by atoms with Crippen molar-refractivity contribution in [1.82, 2.24) is 10.2 Å². The number of carbonyl (C=O) groups excluding carboxylic acids is 1. The second kappa shape index (κ2) is 5.38. The third kappa shape index (κ3) is 2.62. The Kier molecular flexibility index (Phi) is 3.52. The number of carbonyl (C=O) groups is 1. The highest BCUT2D eigenvalue weighted by atomic mass is 79.9. The molecule has 0 saturated carbocycles. The largest absolute Gasteiger partial charge is 0.347 e. The Morgan fingerprint density at radius 3 is 2.81 bits per heavy atom. The van der Waals surface area contributed by atoms with Crippen molar-refractivity contribution >= 4 is 43.3 Å². The number of nitrogens with zero attached hydrogens (tertiary/aromatic N) is 1. The molecule has 1 aromatic carbocycles. The first-order chi connectivity index (χ1) is 10.2. The average molecular weight is 365 g/mol. The van der Waals surface area contributed by atoms with Crippen LogP contribution in [0.15, 0.2) is 28.7 Å². The van der Waals surface area contributed by atoms with Gasteiger partial charge in [-0.25, -0.2) is 0 Å². The smallest absolute Gasteiger partial charge is 0.261 e. The van der Waals surface area contributed by atoms with Crippen molar-refractivity contribution in [2.45, 2.75) is 18.9 Å². The zero-order valence-corrected chi connectivity index (χ0v) is 14.0. The normalized spacial score (nSPS) is 28.0. The Bertz CT molecular complexity index is 691. The van der Waals surface area contributed by atoms with E-state index in [-0.39, 0.29) is 5.91 Å². The Balaban J connectivity index is 1.53. The first kappa shape index (κ1) is 13.7. The van der Waals surface area contributed by atoms with E-state index in [0.717, 1.165) is 26.0 Å². The summed E-state index contributed by atoms with van der Waals surface area (Å²) in [5, 5.41) is 4.40. The van der Waals surface area contributed by atoms with E-state index < -0.39 is 0 Å². The molecule has 0 aliphatic carbocycles. The van der Waals surface area contributed by atoms with Crippen molar-refractivity contribution in [3.63, 3.8) is 0 Å². The molecule has 3 aliphatic heterocycles. The molecule has 2 aromatic rings. The lowest BCUT2D eigenvalue weighted by Crippen LogP contribution is -2.57. The van der Waals surface area contributed by atoms with Crippen LogP contribution >= 0.6 is 27.3 Å². The zero-order chi connectivity index (χ0) is 14.4. The van der Waals surface area contributed by atoms with Gasteiger partial charge in [0, 0.05) is 21.8 Å². The van der Waals surface area contributed by atoms with Crippen molar-refractivity contribution in [2.24, 2.45) is 5.92 Å². The number of fused-ring (bicyclic) bond motifs is 4. The summed E-state index contributed by atoms with van der Waals surface area (Å²) in [6.45, 7) is 3.43. The average Bonchev–Trinajstić information content (AvgIpc) is 2.91. The molecule has 0 spiro atoms. The van der Waals surface area contributed by atoms with Crippen LogP contribution in [0, 0.1) is 5.92 Å². The van der Waals surface area contributed by atoms with Crippen LogP contribution in [0.25, 0.3) is 10.1 Å². The lowest BCUT2D eigenvalue weighted by molar-refractivity contribution is 0.0622. The number of hydrogen-bond donors (Lipinski definition) is 1. The molecule has 1 aromatic heterocycles. The van der Waals surface area contributed by atoms with Gasteiger partial charge in [-0.2, -0.15) is 0 Å². The Morgan fingerprint density at radius 1 is 1.29 bits per heavy atom. The third-order valence-corrected chi connectivity index (χ3v) is 6.27. The zero-order valence-electron chi connectivity index (χ0n) is 11.6. The monoisotopic (exact) mass is 364 g/mol. The molecule has 1 unspecified atom stereocenters. The van der Waals surface area contributed by atoms with Gasteiger partial charge in [0.2, 0.25) is 0 Å². The quantitative estimate of drug-likeness (QED) is 0.884. The number of benzene rings is 1. The molecule has 0 radical (unpaired) electrons. The molecule has 1 N–H and O–H groups in total. The van der Waals surface area contributed by atoms with Gasteiger partial charge in [-0.3, -0.25) is 4.79 Å². The van der Waals surface area contributed by atoms with Gasteiger partial charge < -0.3 is 10.2 Å². The van der Waals surface area contributed by atoms with E-state index in [2.05, 4.69) is 38.3 Å². The molecule has 1 amide bonds. The lowest BCUT2D eigenvalue weighted by atomic mass is 9.84. The lowest BCUT2D eigenvalue weighted by Gasteiger charge is -2.44. The first-order valence-corrected chi connectivity index (χ1v) is 9.02. The molecule has 1 atom stereocenters. The van der Waals surface area contributed by atoms with Crippen molar-refractivity contribution < 1.29 is 4.79 Å². The van der Waals surface area contributed by atoms with Crippen LogP contribution in [0.3, 0.4) is 0 Å². The van der Waals surface area contributed by atoms with Gasteiger partial charge in [-0.15, -0.1) is 11.3 Å². The molecule has 110 valence electrons. The van der Waals surface area contributed by atoms with Crippen molar-refractivity contribution in [3.05, 3.63) is 33.6 Å². The minimum absolute atomic E-state index is 0.0890. The van der Waals surface area contributed by atoms with Crippen molar-refractivity contribution in [2.75, 3.05) is 19.6 Å².